The van der Waals surface area contributed by atoms with Gasteiger partial charge in [-0.1, -0.05) is 48.5 Å². The molecule has 1 aliphatic heterocycles. The number of quaternary nitrogens is 1. The van der Waals surface area contributed by atoms with Gasteiger partial charge in [0.25, 0.3) is 0 Å². The van der Waals surface area contributed by atoms with Crippen LogP contribution in [0.1, 0.15) is 113 Å². The van der Waals surface area contributed by atoms with Gasteiger partial charge in [0.15, 0.2) is 6.54 Å². The molecule has 0 aromatic carbocycles. The molecular weight excluding hydrogens is 482 g/mol. The van der Waals surface area contributed by atoms with Crippen LogP contribution in [-0.4, -0.2) is 57.0 Å². The summed E-state index contributed by atoms with van der Waals surface area (Å²) in [7, 11) is 6.21. The maximum absolute atomic E-state index is 12.9. The lowest BCUT2D eigenvalue weighted by atomic mass is 9.31. The van der Waals surface area contributed by atoms with Crippen LogP contribution in [0.5, 0.6) is 0 Å². The SMILES string of the molecule is CC1(C)C(OC(=O)C[N+](C)(C)C)CC[C@@]2(C)C1CC[C@]1(C)C2CCC2C3[C@@H]4OC[C@@]3(CCC4(C)C)CC[C@]21C. The van der Waals surface area contributed by atoms with Gasteiger partial charge in [0.2, 0.25) is 0 Å². The summed E-state index contributed by atoms with van der Waals surface area (Å²) in [5.74, 6) is 2.91. The maximum atomic E-state index is 12.9. The Bertz CT molecular complexity index is 1010. The van der Waals surface area contributed by atoms with E-state index in [4.69, 9.17) is 9.47 Å². The molecule has 0 radical (unpaired) electrons. The third kappa shape index (κ3) is 3.84. The molecule has 5 saturated carbocycles. The first-order valence-electron chi connectivity index (χ1n) is 16.5. The van der Waals surface area contributed by atoms with E-state index in [-0.39, 0.29) is 17.5 Å². The molecule has 10 atom stereocenters. The largest absolute Gasteiger partial charge is 0.458 e. The minimum Gasteiger partial charge on any atom is -0.458 e. The van der Waals surface area contributed by atoms with Crippen LogP contribution in [0.25, 0.3) is 0 Å². The molecule has 0 amide bonds. The van der Waals surface area contributed by atoms with Gasteiger partial charge in [-0.15, -0.1) is 0 Å². The molecule has 2 bridgehead atoms. The first-order valence-corrected chi connectivity index (χ1v) is 16.5. The molecule has 0 spiro atoms. The van der Waals surface area contributed by atoms with Crippen LogP contribution in [0.2, 0.25) is 0 Å². The van der Waals surface area contributed by atoms with E-state index in [1.54, 1.807) is 0 Å². The highest BCUT2D eigenvalue weighted by atomic mass is 16.5. The summed E-state index contributed by atoms with van der Waals surface area (Å²) >= 11 is 0. The Hall–Kier alpha value is -0.610. The molecule has 39 heavy (non-hydrogen) atoms. The molecule has 5 unspecified atom stereocenters. The predicted octanol–water partition coefficient (Wildman–Crippen LogP) is 7.49. The average Bonchev–Trinajstić information content (AvgIpc) is 3.14. The lowest BCUT2D eigenvalue weighted by molar-refractivity contribution is -0.862. The summed E-state index contributed by atoms with van der Waals surface area (Å²) in [6.07, 6.45) is 13.6. The van der Waals surface area contributed by atoms with Crippen molar-refractivity contribution in [1.82, 2.24) is 0 Å². The highest BCUT2D eigenvalue weighted by Gasteiger charge is 2.72. The van der Waals surface area contributed by atoms with Gasteiger partial charge in [-0.2, -0.15) is 0 Å². The summed E-state index contributed by atoms with van der Waals surface area (Å²) in [4.78, 5) is 12.9. The van der Waals surface area contributed by atoms with E-state index in [0.717, 1.165) is 30.8 Å². The predicted molar refractivity (Wildman–Crippen MR) is 157 cm³/mol. The van der Waals surface area contributed by atoms with E-state index in [1.807, 2.05) is 0 Å². The van der Waals surface area contributed by atoms with Crippen LogP contribution in [0.3, 0.4) is 0 Å². The molecule has 0 aromatic rings. The smallest absolute Gasteiger partial charge is 0.362 e. The second-order valence-corrected chi connectivity index (χ2v) is 18.6. The second-order valence-electron chi connectivity index (χ2n) is 18.6. The molecule has 5 aliphatic carbocycles. The van der Waals surface area contributed by atoms with Crippen molar-refractivity contribution in [2.75, 3.05) is 34.3 Å². The zero-order valence-corrected chi connectivity index (χ0v) is 27.1. The summed E-state index contributed by atoms with van der Waals surface area (Å²) in [6.45, 7) is 19.5. The molecule has 6 aliphatic rings. The van der Waals surface area contributed by atoms with E-state index < -0.39 is 0 Å². The number of fused-ring (bicyclic) bond motifs is 5. The molecule has 1 heterocycles. The van der Waals surface area contributed by atoms with Crippen LogP contribution >= 0.6 is 0 Å². The van der Waals surface area contributed by atoms with Gasteiger partial charge < -0.3 is 14.0 Å². The zero-order chi connectivity index (χ0) is 28.4. The number of nitrogens with zero attached hydrogens (tertiary/aromatic N) is 1. The molecule has 1 saturated heterocycles. The van der Waals surface area contributed by atoms with Crippen LogP contribution in [0.4, 0.5) is 0 Å². The van der Waals surface area contributed by atoms with E-state index in [2.05, 4.69) is 69.6 Å². The lowest BCUT2D eigenvalue weighted by Gasteiger charge is -2.73. The van der Waals surface area contributed by atoms with Crippen molar-refractivity contribution < 1.29 is 18.8 Å². The second kappa shape index (κ2) is 8.48. The fraction of sp³-hybridized carbons (Fsp3) is 0.971. The van der Waals surface area contributed by atoms with Gasteiger partial charge in [-0.3, -0.25) is 0 Å². The van der Waals surface area contributed by atoms with Crippen molar-refractivity contribution in [2.45, 2.75) is 125 Å². The highest BCUT2D eigenvalue weighted by Crippen LogP contribution is 2.78. The topological polar surface area (TPSA) is 35.5 Å². The third-order valence-electron chi connectivity index (χ3n) is 15.0. The Morgan fingerprint density at radius 3 is 2.18 bits per heavy atom. The van der Waals surface area contributed by atoms with E-state index >= 15 is 0 Å². The standard InChI is InChI=1S/C35H60NO3/c1-30(2)17-19-35-20-18-33(6)23(28(35)29(30)38-22-35)11-12-25-32(5)15-14-26(39-27(37)21-36(8,9)10)31(3,4)24(32)13-16-34(25,33)7/h23-26,28-29H,11-22H2,1-10H3/q+1/t23?,24?,25?,26?,28?,29-,32-,33+,34+,35+/m0/s1. The normalized spacial score (nSPS) is 51.6. The number of rotatable bonds is 3. The molecule has 4 heteroatoms. The minimum atomic E-state index is -0.0266. The van der Waals surface area contributed by atoms with E-state index in [0.29, 0.717) is 50.1 Å². The van der Waals surface area contributed by atoms with Crippen molar-refractivity contribution >= 4 is 5.97 Å². The molecule has 222 valence electrons. The molecular formula is C35H60NO3+. The fourth-order valence-corrected chi connectivity index (χ4v) is 12.7. The van der Waals surface area contributed by atoms with Gasteiger partial charge in [-0.25, -0.2) is 4.79 Å². The van der Waals surface area contributed by atoms with Crippen LogP contribution in [0.15, 0.2) is 0 Å². The molecule has 4 nitrogen and oxygen atoms in total. The first kappa shape index (κ1) is 28.5. The monoisotopic (exact) mass is 542 g/mol. The van der Waals surface area contributed by atoms with Crippen molar-refractivity contribution in [1.29, 1.82) is 0 Å². The van der Waals surface area contributed by atoms with Crippen LogP contribution in [-0.2, 0) is 14.3 Å². The van der Waals surface area contributed by atoms with Crippen molar-refractivity contribution in [2.24, 2.45) is 56.2 Å². The van der Waals surface area contributed by atoms with Gasteiger partial charge in [-0.05, 0) is 115 Å². The number of carbonyl (C=O) groups excluding carboxylic acids is 1. The number of hydrogen-bond donors (Lipinski definition) is 0. The summed E-state index contributed by atoms with van der Waals surface area (Å²) in [5.41, 5.74) is 1.90. The lowest BCUT2D eigenvalue weighted by Crippen LogP contribution is -2.68. The van der Waals surface area contributed by atoms with Gasteiger partial charge in [0, 0.05) is 5.41 Å². The zero-order valence-electron chi connectivity index (χ0n) is 27.1. The molecule has 0 aromatic heterocycles. The van der Waals surface area contributed by atoms with Gasteiger partial charge in [0.1, 0.15) is 6.10 Å². The molecule has 6 fully saturated rings. The fourth-order valence-electron chi connectivity index (χ4n) is 12.7. The summed E-state index contributed by atoms with van der Waals surface area (Å²) < 4.78 is 13.7. The van der Waals surface area contributed by atoms with Gasteiger partial charge in [0.05, 0.1) is 33.9 Å². The number of likely N-dealkylation sites (N-methyl/N-ethyl adjacent to an activating group) is 1. The average molecular weight is 543 g/mol. The Kier molecular flexibility index (Phi) is 6.20. The van der Waals surface area contributed by atoms with Crippen molar-refractivity contribution in [3.8, 4) is 0 Å². The molecule has 0 N–H and O–H groups in total. The van der Waals surface area contributed by atoms with Crippen molar-refractivity contribution in [3.63, 3.8) is 0 Å². The Morgan fingerprint density at radius 1 is 0.795 bits per heavy atom. The summed E-state index contributed by atoms with van der Waals surface area (Å²) in [5, 5.41) is 0. The number of ether oxygens (including phenoxy) is 2. The molecule has 6 rings (SSSR count). The minimum absolute atomic E-state index is 0.0175. The van der Waals surface area contributed by atoms with Crippen molar-refractivity contribution in [3.05, 3.63) is 0 Å². The number of hydrogen-bond acceptors (Lipinski definition) is 3. The first-order chi connectivity index (χ1) is 17.9. The van der Waals surface area contributed by atoms with Gasteiger partial charge >= 0.3 is 5.97 Å². The van der Waals surface area contributed by atoms with Crippen LogP contribution < -0.4 is 0 Å². The van der Waals surface area contributed by atoms with E-state index in [9.17, 15) is 4.79 Å². The van der Waals surface area contributed by atoms with Crippen LogP contribution in [0, 0.1) is 56.2 Å². The Balaban J connectivity index is 1.28. The summed E-state index contributed by atoms with van der Waals surface area (Å²) in [6, 6.07) is 0. The van der Waals surface area contributed by atoms with E-state index in [1.165, 1.54) is 57.8 Å². The quantitative estimate of drug-likeness (QED) is 0.274. The number of esters is 1. The third-order valence-corrected chi connectivity index (χ3v) is 15.0. The Morgan fingerprint density at radius 2 is 1.49 bits per heavy atom. The Labute approximate surface area is 239 Å². The maximum Gasteiger partial charge on any atom is 0.362 e. The number of carbonyl (C=O) groups is 1. The highest BCUT2D eigenvalue weighted by molar-refractivity contribution is 5.70.